The zero-order valence-corrected chi connectivity index (χ0v) is 14.7. The first-order valence-corrected chi connectivity index (χ1v) is 10.1. The molecule has 0 atom stereocenters. The molecule has 3 aromatic rings. The summed E-state index contributed by atoms with van der Waals surface area (Å²) in [6.07, 6.45) is 1.67. The maximum atomic E-state index is 12.4. The number of hydrogen-bond acceptors (Lipinski definition) is 5. The number of pyridine rings is 1. The van der Waals surface area contributed by atoms with Gasteiger partial charge in [-0.25, -0.2) is 8.42 Å². The molecular formula is C18H14N2O3S2. The van der Waals surface area contributed by atoms with E-state index in [2.05, 4.69) is 10.3 Å². The van der Waals surface area contributed by atoms with Gasteiger partial charge in [-0.3, -0.25) is 9.78 Å². The molecule has 3 heterocycles. The molecule has 7 heteroatoms. The fourth-order valence-electron chi connectivity index (χ4n) is 2.84. The van der Waals surface area contributed by atoms with Crippen LogP contribution in [0, 0.1) is 0 Å². The number of sulfone groups is 1. The van der Waals surface area contributed by atoms with Gasteiger partial charge in [0.25, 0.3) is 5.91 Å². The summed E-state index contributed by atoms with van der Waals surface area (Å²) in [6, 6.07) is 14.1. The van der Waals surface area contributed by atoms with Crippen LogP contribution >= 0.6 is 11.3 Å². The molecule has 2 aromatic heterocycles. The molecule has 0 bridgehead atoms. The molecule has 0 aliphatic carbocycles. The first-order valence-electron chi connectivity index (χ1n) is 7.67. The summed E-state index contributed by atoms with van der Waals surface area (Å²) in [6.45, 7) is 0.330. The lowest BCUT2D eigenvalue weighted by Crippen LogP contribution is -2.22. The fourth-order valence-corrected chi connectivity index (χ4v) is 5.72. The topological polar surface area (TPSA) is 76.1 Å². The summed E-state index contributed by atoms with van der Waals surface area (Å²) in [5.41, 5.74) is 2.13. The van der Waals surface area contributed by atoms with Crippen LogP contribution in [0.25, 0.3) is 10.4 Å². The number of carbonyl (C=O) groups excluding carboxylic acids is 1. The van der Waals surface area contributed by atoms with E-state index in [0.717, 1.165) is 10.6 Å². The zero-order chi connectivity index (χ0) is 17.4. The van der Waals surface area contributed by atoms with Gasteiger partial charge in [-0.15, -0.1) is 11.3 Å². The van der Waals surface area contributed by atoms with E-state index < -0.39 is 9.84 Å². The minimum Gasteiger partial charge on any atom is -0.346 e. The average molecular weight is 370 g/mol. The normalized spacial score (nSPS) is 14.4. The molecule has 0 saturated heterocycles. The van der Waals surface area contributed by atoms with Gasteiger partial charge in [-0.2, -0.15) is 0 Å². The van der Waals surface area contributed by atoms with Crippen molar-refractivity contribution in [1.82, 2.24) is 10.3 Å². The summed E-state index contributed by atoms with van der Waals surface area (Å²) < 4.78 is 24.8. The van der Waals surface area contributed by atoms with Crippen LogP contribution in [0.5, 0.6) is 0 Å². The van der Waals surface area contributed by atoms with Gasteiger partial charge < -0.3 is 5.32 Å². The van der Waals surface area contributed by atoms with Crippen molar-refractivity contribution in [2.24, 2.45) is 0 Å². The van der Waals surface area contributed by atoms with Crippen LogP contribution < -0.4 is 5.32 Å². The largest absolute Gasteiger partial charge is 0.346 e. The van der Waals surface area contributed by atoms with Crippen molar-refractivity contribution in [1.29, 1.82) is 0 Å². The molecule has 0 radical (unpaired) electrons. The monoisotopic (exact) mass is 370 g/mol. The predicted molar refractivity (Wildman–Crippen MR) is 96.1 cm³/mol. The standard InChI is InChI=1S/C18H14N2O3S2/c21-18(20-10-13-5-3-4-8-19-13)15-9-12-11-25(22,23)16-7-2-1-6-14(16)17(12)24-15/h1-9H,10-11H2,(H,20,21). The molecule has 1 aliphatic rings. The molecule has 126 valence electrons. The predicted octanol–water partition coefficient (Wildman–Crippen LogP) is 3.03. The van der Waals surface area contributed by atoms with Gasteiger partial charge in [0.2, 0.25) is 0 Å². The number of aromatic nitrogens is 1. The number of fused-ring (bicyclic) bond motifs is 3. The van der Waals surface area contributed by atoms with Crippen LogP contribution in [0.1, 0.15) is 20.9 Å². The molecular weight excluding hydrogens is 356 g/mol. The number of hydrogen-bond donors (Lipinski definition) is 1. The third kappa shape index (κ3) is 2.96. The molecule has 0 unspecified atom stereocenters. The van der Waals surface area contributed by atoms with E-state index in [4.69, 9.17) is 0 Å². The van der Waals surface area contributed by atoms with E-state index in [1.807, 2.05) is 24.3 Å². The smallest absolute Gasteiger partial charge is 0.261 e. The lowest BCUT2D eigenvalue weighted by Gasteiger charge is -2.15. The number of thiophene rings is 1. The molecule has 25 heavy (non-hydrogen) atoms. The summed E-state index contributed by atoms with van der Waals surface area (Å²) in [7, 11) is -3.36. The quantitative estimate of drug-likeness (QED) is 0.769. The fraction of sp³-hybridized carbons (Fsp3) is 0.111. The summed E-state index contributed by atoms with van der Waals surface area (Å²) in [4.78, 5) is 18.3. The van der Waals surface area contributed by atoms with Gasteiger partial charge >= 0.3 is 0 Å². The Hall–Kier alpha value is -2.51. The van der Waals surface area contributed by atoms with Crippen molar-refractivity contribution >= 4 is 27.1 Å². The van der Waals surface area contributed by atoms with Gasteiger partial charge in [0.05, 0.1) is 27.8 Å². The zero-order valence-electron chi connectivity index (χ0n) is 13.1. The van der Waals surface area contributed by atoms with Crippen LogP contribution in [0.3, 0.4) is 0 Å². The van der Waals surface area contributed by atoms with Gasteiger partial charge in [-0.1, -0.05) is 24.3 Å². The Morgan fingerprint density at radius 3 is 2.76 bits per heavy atom. The first-order chi connectivity index (χ1) is 12.0. The Bertz CT molecular complexity index is 1060. The number of nitrogens with zero attached hydrogens (tertiary/aromatic N) is 1. The molecule has 1 N–H and O–H groups in total. The summed E-state index contributed by atoms with van der Waals surface area (Å²) in [5, 5.41) is 2.83. The Labute approximate surface area is 149 Å². The molecule has 1 amide bonds. The molecule has 0 saturated carbocycles. The lowest BCUT2D eigenvalue weighted by molar-refractivity contribution is 0.0954. The number of carbonyl (C=O) groups is 1. The minimum atomic E-state index is -3.36. The van der Waals surface area contributed by atoms with Gasteiger partial charge in [0.15, 0.2) is 9.84 Å². The van der Waals surface area contributed by atoms with E-state index in [-0.39, 0.29) is 11.7 Å². The third-order valence-corrected chi connectivity index (χ3v) is 6.93. The van der Waals surface area contributed by atoms with E-state index in [1.165, 1.54) is 11.3 Å². The van der Waals surface area contributed by atoms with E-state index in [1.54, 1.807) is 30.5 Å². The van der Waals surface area contributed by atoms with Crippen LogP contribution in [-0.4, -0.2) is 19.3 Å². The van der Waals surface area contributed by atoms with Crippen molar-refractivity contribution in [3.05, 3.63) is 70.9 Å². The second-order valence-electron chi connectivity index (χ2n) is 5.72. The Kier molecular flexibility index (Phi) is 3.89. The molecule has 4 rings (SSSR count). The number of benzene rings is 1. The summed E-state index contributed by atoms with van der Waals surface area (Å²) >= 11 is 1.33. The Morgan fingerprint density at radius 1 is 1.16 bits per heavy atom. The van der Waals surface area contributed by atoms with E-state index >= 15 is 0 Å². The van der Waals surface area contributed by atoms with Crippen LogP contribution in [-0.2, 0) is 22.1 Å². The van der Waals surface area contributed by atoms with E-state index in [9.17, 15) is 13.2 Å². The highest BCUT2D eigenvalue weighted by Gasteiger charge is 2.30. The molecule has 1 aliphatic heterocycles. The highest BCUT2D eigenvalue weighted by molar-refractivity contribution is 7.91. The number of rotatable bonds is 3. The highest BCUT2D eigenvalue weighted by Crippen LogP contribution is 2.42. The average Bonchev–Trinajstić information content (AvgIpc) is 3.04. The van der Waals surface area contributed by atoms with Gasteiger partial charge in [0.1, 0.15) is 0 Å². The maximum Gasteiger partial charge on any atom is 0.261 e. The first kappa shape index (κ1) is 16.0. The van der Waals surface area contributed by atoms with Gasteiger partial charge in [0, 0.05) is 16.6 Å². The minimum absolute atomic E-state index is 0.0661. The molecule has 5 nitrogen and oxygen atoms in total. The van der Waals surface area contributed by atoms with E-state index in [0.29, 0.717) is 27.4 Å². The second-order valence-corrected chi connectivity index (χ2v) is 8.73. The number of nitrogens with one attached hydrogen (secondary N) is 1. The second kappa shape index (κ2) is 6.09. The maximum absolute atomic E-state index is 12.4. The van der Waals surface area contributed by atoms with Crippen LogP contribution in [0.15, 0.2) is 59.6 Å². The molecule has 1 aromatic carbocycles. The third-order valence-electron chi connectivity index (χ3n) is 4.00. The SMILES string of the molecule is O=C(NCc1ccccn1)c1cc2c(s1)-c1ccccc1S(=O)(=O)C2. The van der Waals surface area contributed by atoms with Gasteiger partial charge in [-0.05, 0) is 29.8 Å². The van der Waals surface area contributed by atoms with Crippen molar-refractivity contribution in [2.75, 3.05) is 0 Å². The molecule has 0 spiro atoms. The molecule has 0 fully saturated rings. The van der Waals surface area contributed by atoms with Crippen LogP contribution in [0.2, 0.25) is 0 Å². The van der Waals surface area contributed by atoms with Crippen molar-refractivity contribution in [3.63, 3.8) is 0 Å². The Balaban J connectivity index is 1.63. The highest BCUT2D eigenvalue weighted by atomic mass is 32.2. The number of amides is 1. The van der Waals surface area contributed by atoms with Crippen molar-refractivity contribution in [3.8, 4) is 10.4 Å². The van der Waals surface area contributed by atoms with Crippen LogP contribution in [0.4, 0.5) is 0 Å². The van der Waals surface area contributed by atoms with Crippen molar-refractivity contribution < 1.29 is 13.2 Å². The summed E-state index contributed by atoms with van der Waals surface area (Å²) in [5.74, 6) is -0.288. The van der Waals surface area contributed by atoms with Crippen molar-refractivity contribution in [2.45, 2.75) is 17.2 Å². The lowest BCUT2D eigenvalue weighted by atomic mass is 10.1. The Morgan fingerprint density at radius 2 is 1.96 bits per heavy atom.